The number of rotatable bonds is 6. The number of hydrogen-bond donors (Lipinski definition) is 1. The molecule has 3 aliphatic carbocycles. The minimum absolute atomic E-state index is 0.342. The highest BCUT2D eigenvalue weighted by atomic mass is 35.5. The van der Waals surface area contributed by atoms with Gasteiger partial charge in [0.25, 0.3) is 0 Å². The van der Waals surface area contributed by atoms with Crippen molar-refractivity contribution in [3.63, 3.8) is 0 Å². The van der Waals surface area contributed by atoms with Crippen LogP contribution in [0.4, 0.5) is 0 Å². The molecular formula is C15H24ClNO. The summed E-state index contributed by atoms with van der Waals surface area (Å²) in [6.07, 6.45) is 6.32. The minimum atomic E-state index is 0.342. The Labute approximate surface area is 115 Å². The number of nitrogens with one attached hydrogen (secondary N) is 1. The van der Waals surface area contributed by atoms with Gasteiger partial charge in [0.2, 0.25) is 5.91 Å². The molecule has 0 aromatic heterocycles. The van der Waals surface area contributed by atoms with E-state index in [9.17, 15) is 4.79 Å². The maximum absolute atomic E-state index is 12.2. The van der Waals surface area contributed by atoms with Gasteiger partial charge in [-0.15, -0.1) is 11.6 Å². The molecule has 18 heavy (non-hydrogen) atoms. The molecule has 0 heterocycles. The minimum Gasteiger partial charge on any atom is -0.356 e. The average molecular weight is 270 g/mol. The lowest BCUT2D eigenvalue weighted by molar-refractivity contribution is -0.123. The van der Waals surface area contributed by atoms with E-state index in [1.54, 1.807) is 0 Å². The van der Waals surface area contributed by atoms with E-state index in [4.69, 9.17) is 11.6 Å². The van der Waals surface area contributed by atoms with Crippen LogP contribution in [0.2, 0.25) is 0 Å². The lowest BCUT2D eigenvalue weighted by atomic mass is 10.0. The predicted octanol–water partition coefficient (Wildman–Crippen LogP) is 3.05. The molecule has 0 aromatic carbocycles. The van der Waals surface area contributed by atoms with Gasteiger partial charge in [-0.3, -0.25) is 4.79 Å². The molecule has 5 unspecified atom stereocenters. The van der Waals surface area contributed by atoms with Gasteiger partial charge in [-0.05, 0) is 55.3 Å². The van der Waals surface area contributed by atoms with Crippen LogP contribution in [0, 0.1) is 35.5 Å². The van der Waals surface area contributed by atoms with Crippen LogP contribution in [-0.2, 0) is 4.79 Å². The van der Waals surface area contributed by atoms with E-state index in [0.29, 0.717) is 23.6 Å². The maximum Gasteiger partial charge on any atom is 0.223 e. The van der Waals surface area contributed by atoms with Gasteiger partial charge in [-0.2, -0.15) is 0 Å². The van der Waals surface area contributed by atoms with E-state index in [1.165, 1.54) is 19.3 Å². The SMILES string of the molecule is CCC(CCCl)CNC(=O)C1C2C3CCC(C3)C12. The van der Waals surface area contributed by atoms with Crippen LogP contribution in [0.15, 0.2) is 0 Å². The molecule has 0 radical (unpaired) electrons. The number of alkyl halides is 1. The Hall–Kier alpha value is -0.240. The monoisotopic (exact) mass is 269 g/mol. The molecule has 3 rings (SSSR count). The van der Waals surface area contributed by atoms with Crippen LogP contribution in [0.5, 0.6) is 0 Å². The van der Waals surface area contributed by atoms with Crippen molar-refractivity contribution in [3.8, 4) is 0 Å². The highest BCUT2D eigenvalue weighted by Gasteiger charge is 2.67. The zero-order valence-electron chi connectivity index (χ0n) is 11.2. The number of fused-ring (bicyclic) bond motifs is 5. The number of hydrogen-bond acceptors (Lipinski definition) is 1. The standard InChI is InChI=1S/C15H24ClNO/c1-2-9(5-6-16)8-17-15(18)14-12-10-3-4-11(7-10)13(12)14/h9-14H,2-8H2,1H3,(H,17,18). The molecule has 0 aliphatic heterocycles. The van der Waals surface area contributed by atoms with Gasteiger partial charge in [0.15, 0.2) is 0 Å². The first-order chi connectivity index (χ1) is 8.76. The summed E-state index contributed by atoms with van der Waals surface area (Å²) in [5.41, 5.74) is 0. The average Bonchev–Trinajstić information content (AvgIpc) is 2.83. The summed E-state index contributed by atoms with van der Waals surface area (Å²) >= 11 is 5.78. The van der Waals surface area contributed by atoms with Gasteiger partial charge in [-0.1, -0.05) is 13.3 Å². The molecule has 3 saturated carbocycles. The molecule has 3 heteroatoms. The molecule has 2 bridgehead atoms. The van der Waals surface area contributed by atoms with E-state index in [1.807, 2.05) is 0 Å². The van der Waals surface area contributed by atoms with E-state index in [-0.39, 0.29) is 0 Å². The summed E-state index contributed by atoms with van der Waals surface area (Å²) < 4.78 is 0. The van der Waals surface area contributed by atoms with Crippen LogP contribution in [-0.4, -0.2) is 18.3 Å². The first-order valence-corrected chi connectivity index (χ1v) is 8.13. The fourth-order valence-corrected chi connectivity index (χ4v) is 4.95. The van der Waals surface area contributed by atoms with Crippen molar-refractivity contribution in [3.05, 3.63) is 0 Å². The number of carbonyl (C=O) groups excluding carboxylic acids is 1. The second-order valence-electron chi connectivity index (χ2n) is 6.51. The quantitative estimate of drug-likeness (QED) is 0.738. The Balaban J connectivity index is 1.46. The molecule has 5 atom stereocenters. The molecule has 1 N–H and O–H groups in total. The van der Waals surface area contributed by atoms with E-state index >= 15 is 0 Å². The third kappa shape index (κ3) is 2.07. The highest BCUT2D eigenvalue weighted by molar-refractivity contribution is 6.17. The molecule has 3 aliphatic rings. The van der Waals surface area contributed by atoms with Gasteiger partial charge in [-0.25, -0.2) is 0 Å². The van der Waals surface area contributed by atoms with Crippen molar-refractivity contribution in [2.45, 2.75) is 39.0 Å². The van der Waals surface area contributed by atoms with E-state index < -0.39 is 0 Å². The van der Waals surface area contributed by atoms with Crippen molar-refractivity contribution in [2.24, 2.45) is 35.5 Å². The van der Waals surface area contributed by atoms with Gasteiger partial charge in [0.1, 0.15) is 0 Å². The Morgan fingerprint density at radius 1 is 1.33 bits per heavy atom. The summed E-state index contributed by atoms with van der Waals surface area (Å²) in [7, 11) is 0. The van der Waals surface area contributed by atoms with E-state index in [2.05, 4.69) is 12.2 Å². The van der Waals surface area contributed by atoms with Crippen LogP contribution in [0.25, 0.3) is 0 Å². The molecule has 102 valence electrons. The van der Waals surface area contributed by atoms with Crippen molar-refractivity contribution in [2.75, 3.05) is 12.4 Å². The molecular weight excluding hydrogens is 246 g/mol. The smallest absolute Gasteiger partial charge is 0.223 e. The Bertz CT molecular complexity index is 316. The highest BCUT2D eigenvalue weighted by Crippen LogP contribution is 2.69. The molecule has 1 amide bonds. The first kappa shape index (κ1) is 12.8. The zero-order chi connectivity index (χ0) is 12.7. The normalized spacial score (nSPS) is 41.6. The summed E-state index contributed by atoms with van der Waals surface area (Å²) in [6, 6.07) is 0. The lowest BCUT2D eigenvalue weighted by Crippen LogP contribution is -2.32. The van der Waals surface area contributed by atoms with Crippen LogP contribution in [0.1, 0.15) is 39.0 Å². The van der Waals surface area contributed by atoms with Gasteiger partial charge >= 0.3 is 0 Å². The third-order valence-corrected chi connectivity index (χ3v) is 5.92. The lowest BCUT2D eigenvalue weighted by Gasteiger charge is -2.15. The van der Waals surface area contributed by atoms with Gasteiger partial charge in [0.05, 0.1) is 0 Å². The first-order valence-electron chi connectivity index (χ1n) is 7.60. The zero-order valence-corrected chi connectivity index (χ0v) is 12.0. The third-order valence-electron chi connectivity index (χ3n) is 5.70. The Morgan fingerprint density at radius 2 is 2.00 bits per heavy atom. The molecule has 0 saturated heterocycles. The summed E-state index contributed by atoms with van der Waals surface area (Å²) in [5, 5.41) is 3.18. The summed E-state index contributed by atoms with van der Waals surface area (Å²) in [5.74, 6) is 5.28. The van der Waals surface area contributed by atoms with Gasteiger partial charge < -0.3 is 5.32 Å². The second-order valence-corrected chi connectivity index (χ2v) is 6.89. The van der Waals surface area contributed by atoms with Crippen LogP contribution < -0.4 is 5.32 Å². The fourth-order valence-electron chi connectivity index (χ4n) is 4.64. The second kappa shape index (κ2) is 5.03. The molecule has 2 nitrogen and oxygen atoms in total. The van der Waals surface area contributed by atoms with Crippen molar-refractivity contribution < 1.29 is 4.79 Å². The largest absolute Gasteiger partial charge is 0.356 e. The summed E-state index contributed by atoms with van der Waals surface area (Å²) in [6.45, 7) is 3.00. The van der Waals surface area contributed by atoms with E-state index in [0.717, 1.165) is 43.1 Å². The number of carbonyl (C=O) groups is 1. The summed E-state index contributed by atoms with van der Waals surface area (Å²) in [4.78, 5) is 12.2. The van der Waals surface area contributed by atoms with Gasteiger partial charge in [0, 0.05) is 18.3 Å². The Kier molecular flexibility index (Phi) is 3.57. The fraction of sp³-hybridized carbons (Fsp3) is 0.933. The molecule has 0 aromatic rings. The molecule has 0 spiro atoms. The van der Waals surface area contributed by atoms with Crippen molar-refractivity contribution in [1.82, 2.24) is 5.32 Å². The number of halogens is 1. The van der Waals surface area contributed by atoms with Crippen LogP contribution >= 0.6 is 11.6 Å². The predicted molar refractivity (Wildman–Crippen MR) is 73.4 cm³/mol. The molecule has 3 fully saturated rings. The number of amides is 1. The maximum atomic E-state index is 12.2. The van der Waals surface area contributed by atoms with Crippen LogP contribution in [0.3, 0.4) is 0 Å². The topological polar surface area (TPSA) is 29.1 Å². The Morgan fingerprint density at radius 3 is 2.56 bits per heavy atom. The van der Waals surface area contributed by atoms with Crippen molar-refractivity contribution >= 4 is 17.5 Å². The van der Waals surface area contributed by atoms with Crippen molar-refractivity contribution in [1.29, 1.82) is 0 Å².